The lowest BCUT2D eigenvalue weighted by molar-refractivity contribution is 0.102. The first kappa shape index (κ1) is 21.2. The van der Waals surface area contributed by atoms with Crippen LogP contribution in [0, 0.1) is 6.92 Å². The topological polar surface area (TPSA) is 54.0 Å². The lowest BCUT2D eigenvalue weighted by atomic mass is 10.00. The fraction of sp³-hybridized carbons (Fsp3) is 0.120. The zero-order chi connectivity index (χ0) is 21.6. The molecule has 1 atom stereocenters. The molecule has 0 aliphatic rings. The minimum absolute atomic E-state index is 0.113. The Hall–Kier alpha value is -3.09. The molecule has 1 amide bonds. The molecule has 4 nitrogen and oxygen atoms in total. The van der Waals surface area contributed by atoms with Gasteiger partial charge in [-0.2, -0.15) is 0 Å². The molecule has 156 valence electrons. The zero-order valence-corrected chi connectivity index (χ0v) is 19.0. The molecule has 2 N–H and O–H groups in total. The molecular weight excluding hydrogens is 422 g/mol. The summed E-state index contributed by atoms with van der Waals surface area (Å²) in [7, 11) is 0. The second-order valence-electron chi connectivity index (χ2n) is 7.03. The van der Waals surface area contributed by atoms with Gasteiger partial charge in [0, 0.05) is 27.1 Å². The summed E-state index contributed by atoms with van der Waals surface area (Å²) < 4.78 is 0. The van der Waals surface area contributed by atoms with Crippen molar-refractivity contribution in [2.45, 2.75) is 17.9 Å². The Morgan fingerprint density at radius 1 is 1.00 bits per heavy atom. The van der Waals surface area contributed by atoms with Crippen molar-refractivity contribution in [1.29, 1.82) is 0 Å². The SMILES string of the molecule is CSc1ccc([C@H](Nc2ccccn2)c2cc(C)sc2NC(=O)c2ccccc2)cc1. The maximum atomic E-state index is 12.8. The van der Waals surface area contributed by atoms with Crippen molar-refractivity contribution >= 4 is 39.8 Å². The van der Waals surface area contributed by atoms with Gasteiger partial charge in [0.25, 0.3) is 5.91 Å². The van der Waals surface area contributed by atoms with E-state index in [2.05, 4.69) is 59.1 Å². The Labute approximate surface area is 190 Å². The number of aromatic nitrogens is 1. The number of thioether (sulfide) groups is 1. The van der Waals surface area contributed by atoms with Gasteiger partial charge in [-0.1, -0.05) is 36.4 Å². The van der Waals surface area contributed by atoms with E-state index in [1.807, 2.05) is 48.5 Å². The highest BCUT2D eigenvalue weighted by molar-refractivity contribution is 7.98. The van der Waals surface area contributed by atoms with Crippen molar-refractivity contribution < 1.29 is 4.79 Å². The number of thiophene rings is 1. The number of rotatable bonds is 7. The van der Waals surface area contributed by atoms with E-state index in [1.165, 1.54) is 4.90 Å². The molecule has 31 heavy (non-hydrogen) atoms. The van der Waals surface area contributed by atoms with Gasteiger partial charge in [-0.15, -0.1) is 23.1 Å². The summed E-state index contributed by atoms with van der Waals surface area (Å²) in [6, 6.07) is 25.6. The van der Waals surface area contributed by atoms with Crippen LogP contribution < -0.4 is 10.6 Å². The van der Waals surface area contributed by atoms with Gasteiger partial charge in [0.2, 0.25) is 0 Å². The summed E-state index contributed by atoms with van der Waals surface area (Å²) in [4.78, 5) is 19.6. The third-order valence-corrected chi connectivity index (χ3v) is 6.59. The number of carbonyl (C=O) groups excluding carboxylic acids is 1. The van der Waals surface area contributed by atoms with Gasteiger partial charge in [-0.25, -0.2) is 4.98 Å². The summed E-state index contributed by atoms with van der Waals surface area (Å²) in [5.74, 6) is 0.670. The second-order valence-corrected chi connectivity index (χ2v) is 9.16. The number of benzene rings is 2. The van der Waals surface area contributed by atoms with E-state index in [-0.39, 0.29) is 11.9 Å². The molecule has 0 unspecified atom stereocenters. The van der Waals surface area contributed by atoms with Crippen LogP contribution in [-0.4, -0.2) is 17.1 Å². The number of hydrogen-bond acceptors (Lipinski definition) is 5. The van der Waals surface area contributed by atoms with E-state index in [0.29, 0.717) is 5.56 Å². The smallest absolute Gasteiger partial charge is 0.256 e. The molecule has 2 heterocycles. The van der Waals surface area contributed by atoms with Crippen LogP contribution in [0.15, 0.2) is 90.0 Å². The van der Waals surface area contributed by atoms with Crippen LogP contribution >= 0.6 is 23.1 Å². The fourth-order valence-corrected chi connectivity index (χ4v) is 4.70. The van der Waals surface area contributed by atoms with Gasteiger partial charge >= 0.3 is 0 Å². The van der Waals surface area contributed by atoms with Crippen molar-refractivity contribution in [3.8, 4) is 0 Å². The van der Waals surface area contributed by atoms with Gasteiger partial charge < -0.3 is 10.6 Å². The molecule has 0 saturated heterocycles. The molecule has 4 rings (SSSR count). The Morgan fingerprint density at radius 3 is 2.42 bits per heavy atom. The molecule has 0 fully saturated rings. The fourth-order valence-electron chi connectivity index (χ4n) is 3.34. The average Bonchev–Trinajstić information content (AvgIpc) is 3.18. The quantitative estimate of drug-likeness (QED) is 0.314. The van der Waals surface area contributed by atoms with Gasteiger partial charge in [-0.3, -0.25) is 4.79 Å². The highest BCUT2D eigenvalue weighted by Gasteiger charge is 2.22. The molecule has 0 aliphatic heterocycles. The summed E-state index contributed by atoms with van der Waals surface area (Å²) in [6.07, 6.45) is 3.84. The van der Waals surface area contributed by atoms with E-state index in [1.54, 1.807) is 29.3 Å². The number of carbonyl (C=O) groups is 1. The third-order valence-electron chi connectivity index (χ3n) is 4.86. The summed E-state index contributed by atoms with van der Waals surface area (Å²) in [6.45, 7) is 2.06. The van der Waals surface area contributed by atoms with Gasteiger partial charge in [0.1, 0.15) is 10.8 Å². The lowest BCUT2D eigenvalue weighted by Crippen LogP contribution is -2.17. The van der Waals surface area contributed by atoms with Crippen LogP contribution in [0.4, 0.5) is 10.8 Å². The van der Waals surface area contributed by atoms with Crippen LogP contribution in [0.5, 0.6) is 0 Å². The van der Waals surface area contributed by atoms with Crippen molar-refractivity contribution in [2.75, 3.05) is 16.9 Å². The molecule has 2 aromatic carbocycles. The van der Waals surface area contributed by atoms with Crippen LogP contribution in [-0.2, 0) is 0 Å². The van der Waals surface area contributed by atoms with Crippen molar-refractivity contribution in [3.63, 3.8) is 0 Å². The first-order chi connectivity index (χ1) is 15.1. The second kappa shape index (κ2) is 9.81. The number of pyridine rings is 1. The number of nitrogens with zero attached hydrogens (tertiary/aromatic N) is 1. The van der Waals surface area contributed by atoms with E-state index in [9.17, 15) is 4.79 Å². The van der Waals surface area contributed by atoms with Crippen molar-refractivity contribution in [2.24, 2.45) is 0 Å². The summed E-state index contributed by atoms with van der Waals surface area (Å²) >= 11 is 3.30. The summed E-state index contributed by atoms with van der Waals surface area (Å²) in [5, 5.41) is 7.52. The average molecular weight is 446 g/mol. The minimum atomic E-state index is -0.151. The lowest BCUT2D eigenvalue weighted by Gasteiger charge is -2.21. The van der Waals surface area contributed by atoms with E-state index < -0.39 is 0 Å². The normalized spacial score (nSPS) is 11.7. The molecule has 4 aromatic rings. The highest BCUT2D eigenvalue weighted by Crippen LogP contribution is 2.38. The Bertz CT molecular complexity index is 1140. The molecular formula is C25H23N3OS2. The molecule has 0 spiro atoms. The van der Waals surface area contributed by atoms with Crippen LogP contribution in [0.1, 0.15) is 32.4 Å². The monoisotopic (exact) mass is 445 g/mol. The van der Waals surface area contributed by atoms with E-state index in [0.717, 1.165) is 26.8 Å². The van der Waals surface area contributed by atoms with Crippen molar-refractivity contribution in [1.82, 2.24) is 4.98 Å². The largest absolute Gasteiger partial charge is 0.359 e. The van der Waals surface area contributed by atoms with Crippen molar-refractivity contribution in [3.05, 3.63) is 107 Å². The number of nitrogens with one attached hydrogen (secondary N) is 2. The number of hydrogen-bond donors (Lipinski definition) is 2. The number of anilines is 2. The van der Waals surface area contributed by atoms with Crippen LogP contribution in [0.25, 0.3) is 0 Å². The maximum Gasteiger partial charge on any atom is 0.256 e. The van der Waals surface area contributed by atoms with Crippen LogP contribution in [0.2, 0.25) is 0 Å². The Balaban J connectivity index is 1.71. The minimum Gasteiger partial charge on any atom is -0.359 e. The third kappa shape index (κ3) is 5.16. The van der Waals surface area contributed by atoms with E-state index in [4.69, 9.17) is 0 Å². The maximum absolute atomic E-state index is 12.8. The van der Waals surface area contributed by atoms with Crippen LogP contribution in [0.3, 0.4) is 0 Å². The Kier molecular flexibility index (Phi) is 6.70. The predicted octanol–water partition coefficient (Wildman–Crippen LogP) is 6.63. The number of aryl methyl sites for hydroxylation is 1. The summed E-state index contributed by atoms with van der Waals surface area (Å²) in [5.41, 5.74) is 2.77. The molecule has 0 radical (unpaired) electrons. The first-order valence-corrected chi connectivity index (χ1v) is 12.0. The molecule has 6 heteroatoms. The van der Waals surface area contributed by atoms with Gasteiger partial charge in [0.15, 0.2) is 0 Å². The first-order valence-electron chi connectivity index (χ1n) is 9.92. The van der Waals surface area contributed by atoms with E-state index >= 15 is 0 Å². The van der Waals surface area contributed by atoms with Gasteiger partial charge in [0.05, 0.1) is 6.04 Å². The standard InChI is InChI=1S/C25H23N3OS2/c1-17-16-21(25(31-17)28-24(29)19-8-4-3-5-9-19)23(27-22-10-6-7-15-26-22)18-11-13-20(30-2)14-12-18/h3-16,23H,1-2H3,(H,26,27)(H,28,29)/t23-/m0/s1. The number of amides is 1. The van der Waals surface area contributed by atoms with Gasteiger partial charge in [-0.05, 0) is 61.2 Å². The predicted molar refractivity (Wildman–Crippen MR) is 131 cm³/mol. The molecule has 0 aliphatic carbocycles. The molecule has 0 bridgehead atoms. The molecule has 0 saturated carbocycles. The highest BCUT2D eigenvalue weighted by atomic mass is 32.2. The zero-order valence-electron chi connectivity index (χ0n) is 17.3. The molecule has 2 aromatic heterocycles. The Morgan fingerprint density at radius 2 is 1.74 bits per heavy atom.